The molecule has 3 amide bonds. The first-order valence-electron chi connectivity index (χ1n) is 14.1. The zero-order chi connectivity index (χ0) is 29.8. The van der Waals surface area contributed by atoms with Gasteiger partial charge in [0.2, 0.25) is 11.8 Å². The summed E-state index contributed by atoms with van der Waals surface area (Å²) in [5.74, 6) is -0.214. The highest BCUT2D eigenvalue weighted by Gasteiger charge is 2.45. The van der Waals surface area contributed by atoms with E-state index in [0.29, 0.717) is 24.4 Å². The minimum atomic E-state index is -0.972. The van der Waals surface area contributed by atoms with Gasteiger partial charge in [-0.05, 0) is 60.4 Å². The number of carbonyl (C=O) groups is 3. The number of carbonyl (C=O) groups excluding carboxylic acids is 3. The van der Waals surface area contributed by atoms with Crippen LogP contribution < -0.4 is 21.3 Å². The molecule has 1 aliphatic carbocycles. The predicted molar refractivity (Wildman–Crippen MR) is 159 cm³/mol. The summed E-state index contributed by atoms with van der Waals surface area (Å²) in [6.45, 7) is 4.25. The van der Waals surface area contributed by atoms with E-state index in [0.717, 1.165) is 36.1 Å². The highest BCUT2D eigenvalue weighted by Crippen LogP contribution is 2.44. The van der Waals surface area contributed by atoms with E-state index in [-0.39, 0.29) is 30.8 Å². The third kappa shape index (κ3) is 7.20. The number of methoxy groups -OCH3 is 1. The van der Waals surface area contributed by atoms with Crippen molar-refractivity contribution in [3.8, 4) is 0 Å². The number of halogens is 1. The van der Waals surface area contributed by atoms with Crippen molar-refractivity contribution in [1.82, 2.24) is 10.6 Å². The maximum absolute atomic E-state index is 13.6. The van der Waals surface area contributed by atoms with Crippen LogP contribution in [0.3, 0.4) is 0 Å². The van der Waals surface area contributed by atoms with Crippen LogP contribution >= 0.6 is 11.6 Å². The lowest BCUT2D eigenvalue weighted by Gasteiger charge is -2.41. The minimum Gasteiger partial charge on any atom is -0.453 e. The number of nitrogens with one attached hydrogen (secondary N) is 2. The molecule has 0 spiro atoms. The van der Waals surface area contributed by atoms with Crippen molar-refractivity contribution in [2.45, 2.75) is 76.0 Å². The van der Waals surface area contributed by atoms with E-state index in [2.05, 4.69) is 10.6 Å². The number of ether oxygens (including phenoxy) is 1. The summed E-state index contributed by atoms with van der Waals surface area (Å²) in [4.78, 5) is 40.3. The first-order valence-corrected chi connectivity index (χ1v) is 14.5. The minimum absolute atomic E-state index is 0.0275. The topological polar surface area (TPSA) is 134 Å². The van der Waals surface area contributed by atoms with Gasteiger partial charge in [-0.15, -0.1) is 0 Å². The quantitative estimate of drug-likeness (QED) is 0.336. The third-order valence-corrected chi connectivity index (χ3v) is 8.63. The van der Waals surface area contributed by atoms with Crippen LogP contribution in [0.25, 0.3) is 0 Å². The lowest BCUT2D eigenvalue weighted by Crippen LogP contribution is -2.53. The number of aliphatic hydroxyl groups excluding tert-OH is 1. The number of hydrogen-bond acceptors (Lipinski definition) is 6. The van der Waals surface area contributed by atoms with E-state index in [4.69, 9.17) is 22.1 Å². The summed E-state index contributed by atoms with van der Waals surface area (Å²) in [5, 5.41) is 17.2. The maximum Gasteiger partial charge on any atom is 0.407 e. The zero-order valence-corrected chi connectivity index (χ0v) is 24.7. The van der Waals surface area contributed by atoms with E-state index < -0.39 is 29.1 Å². The standard InChI is InChI=1S/C31H41ClN4O5/c1-30(2,17-27(38)36-19-23(35-29(40)41-3)15-20-7-4-5-8-25(20)36)16-24(33)26(37)18-34-28(39)31(13-6-14-31)21-9-11-22(32)12-10-21/h4-5,7-12,23-24,26,37H,6,13-19,33H2,1-3H3,(H,34,39)(H,35,40)/t23?,24-,26-/m0/s1. The fourth-order valence-electron chi connectivity index (χ4n) is 5.97. The Labute approximate surface area is 246 Å². The van der Waals surface area contributed by atoms with Crippen molar-refractivity contribution in [3.63, 3.8) is 0 Å². The first-order chi connectivity index (χ1) is 19.4. The number of alkyl carbamates (subject to hydrolysis) is 1. The number of para-hydroxylation sites is 1. The molecule has 2 aromatic rings. The lowest BCUT2D eigenvalue weighted by atomic mass is 9.64. The Bertz CT molecular complexity index is 1250. The second-order valence-corrected chi connectivity index (χ2v) is 12.5. The Morgan fingerprint density at radius 2 is 1.85 bits per heavy atom. The van der Waals surface area contributed by atoms with E-state index in [9.17, 15) is 19.5 Å². The van der Waals surface area contributed by atoms with Crippen molar-refractivity contribution in [2.75, 3.05) is 25.1 Å². The Morgan fingerprint density at radius 3 is 2.49 bits per heavy atom. The predicted octanol–water partition coefficient (Wildman–Crippen LogP) is 3.69. The number of nitrogens with zero attached hydrogens (tertiary/aromatic N) is 1. The molecule has 1 aliphatic heterocycles. The van der Waals surface area contributed by atoms with Gasteiger partial charge in [-0.3, -0.25) is 9.59 Å². The van der Waals surface area contributed by atoms with Crippen LogP contribution in [-0.2, 0) is 26.2 Å². The Hall–Kier alpha value is -3.14. The molecule has 0 aromatic heterocycles. The molecule has 222 valence electrons. The largest absolute Gasteiger partial charge is 0.453 e. The molecule has 1 unspecified atom stereocenters. The molecule has 0 bridgehead atoms. The van der Waals surface area contributed by atoms with Crippen molar-refractivity contribution in [2.24, 2.45) is 11.1 Å². The van der Waals surface area contributed by atoms with Crippen LogP contribution in [0.4, 0.5) is 10.5 Å². The molecule has 10 heteroatoms. The monoisotopic (exact) mass is 584 g/mol. The molecule has 5 N–H and O–H groups in total. The lowest BCUT2D eigenvalue weighted by molar-refractivity contribution is -0.130. The van der Waals surface area contributed by atoms with Crippen LogP contribution in [-0.4, -0.2) is 61.4 Å². The van der Waals surface area contributed by atoms with Crippen LogP contribution in [0.2, 0.25) is 5.02 Å². The maximum atomic E-state index is 13.6. The highest BCUT2D eigenvalue weighted by atomic mass is 35.5. The molecule has 4 rings (SSSR count). The Kier molecular flexibility index (Phi) is 9.62. The second-order valence-electron chi connectivity index (χ2n) is 12.1. The molecule has 1 saturated carbocycles. The fourth-order valence-corrected chi connectivity index (χ4v) is 6.09. The SMILES string of the molecule is COC(=O)NC1Cc2ccccc2N(C(=O)CC(C)(C)C[C@H](N)[C@@H](O)CNC(=O)C2(c3ccc(Cl)cc3)CCC2)C1. The van der Waals surface area contributed by atoms with Gasteiger partial charge in [-0.2, -0.15) is 0 Å². The van der Waals surface area contributed by atoms with Crippen LogP contribution in [0.5, 0.6) is 0 Å². The molecule has 2 aliphatic rings. The van der Waals surface area contributed by atoms with E-state index in [1.165, 1.54) is 7.11 Å². The average molecular weight is 585 g/mol. The molecular weight excluding hydrogens is 544 g/mol. The summed E-state index contributed by atoms with van der Waals surface area (Å²) < 4.78 is 4.75. The van der Waals surface area contributed by atoms with Gasteiger partial charge in [0.05, 0.1) is 24.7 Å². The smallest absolute Gasteiger partial charge is 0.407 e. The number of anilines is 1. The molecule has 2 aromatic carbocycles. The van der Waals surface area contributed by atoms with Gasteiger partial charge in [0.15, 0.2) is 0 Å². The normalized spacial score (nSPS) is 19.3. The molecule has 0 radical (unpaired) electrons. The highest BCUT2D eigenvalue weighted by molar-refractivity contribution is 6.30. The summed E-state index contributed by atoms with van der Waals surface area (Å²) >= 11 is 6.03. The molecule has 9 nitrogen and oxygen atoms in total. The van der Waals surface area contributed by atoms with Gasteiger partial charge in [0, 0.05) is 36.3 Å². The van der Waals surface area contributed by atoms with Gasteiger partial charge < -0.3 is 31.1 Å². The van der Waals surface area contributed by atoms with Crippen LogP contribution in [0.15, 0.2) is 48.5 Å². The number of fused-ring (bicyclic) bond motifs is 1. The molecule has 1 fully saturated rings. The number of aliphatic hydroxyl groups is 1. The average Bonchev–Trinajstić information content (AvgIpc) is 2.90. The summed E-state index contributed by atoms with van der Waals surface area (Å²) in [6, 6.07) is 14.1. The number of amides is 3. The Balaban J connectivity index is 1.34. The molecule has 3 atom stereocenters. The van der Waals surface area contributed by atoms with Crippen LogP contribution in [0.1, 0.15) is 57.1 Å². The molecule has 41 heavy (non-hydrogen) atoms. The fraction of sp³-hybridized carbons (Fsp3) is 0.516. The molecule has 0 saturated heterocycles. The number of hydrogen-bond donors (Lipinski definition) is 4. The number of nitrogens with two attached hydrogens (primary N) is 1. The Morgan fingerprint density at radius 1 is 1.17 bits per heavy atom. The van der Waals surface area contributed by atoms with Gasteiger partial charge in [0.1, 0.15) is 0 Å². The van der Waals surface area contributed by atoms with Gasteiger partial charge in [-0.1, -0.05) is 62.2 Å². The van der Waals surface area contributed by atoms with Gasteiger partial charge >= 0.3 is 6.09 Å². The first kappa shape index (κ1) is 30.8. The summed E-state index contributed by atoms with van der Waals surface area (Å²) in [7, 11) is 1.31. The van der Waals surface area contributed by atoms with Crippen molar-refractivity contribution >= 4 is 35.2 Å². The van der Waals surface area contributed by atoms with Gasteiger partial charge in [0.25, 0.3) is 0 Å². The molecular formula is C31H41ClN4O5. The van der Waals surface area contributed by atoms with E-state index in [1.54, 1.807) is 17.0 Å². The number of benzene rings is 2. The summed E-state index contributed by atoms with van der Waals surface area (Å²) in [6.07, 6.45) is 2.10. The summed E-state index contributed by atoms with van der Waals surface area (Å²) in [5.41, 5.74) is 7.98. The van der Waals surface area contributed by atoms with Gasteiger partial charge in [-0.25, -0.2) is 4.79 Å². The zero-order valence-electron chi connectivity index (χ0n) is 24.0. The van der Waals surface area contributed by atoms with Crippen molar-refractivity contribution < 1.29 is 24.2 Å². The van der Waals surface area contributed by atoms with Crippen molar-refractivity contribution in [3.05, 3.63) is 64.7 Å². The van der Waals surface area contributed by atoms with Crippen LogP contribution in [0, 0.1) is 5.41 Å². The molecule has 1 heterocycles. The second kappa shape index (κ2) is 12.8. The van der Waals surface area contributed by atoms with E-state index in [1.807, 2.05) is 50.2 Å². The third-order valence-electron chi connectivity index (χ3n) is 8.38. The van der Waals surface area contributed by atoms with Crippen molar-refractivity contribution in [1.29, 1.82) is 0 Å². The number of rotatable bonds is 10. The van der Waals surface area contributed by atoms with E-state index >= 15 is 0 Å².